The van der Waals surface area contributed by atoms with Crippen LogP contribution in [0.3, 0.4) is 0 Å². The van der Waals surface area contributed by atoms with Crippen molar-refractivity contribution in [2.75, 3.05) is 32.8 Å². The van der Waals surface area contributed by atoms with Gasteiger partial charge in [0, 0.05) is 31.8 Å². The maximum Gasteiger partial charge on any atom is 0.269 e. The highest BCUT2D eigenvalue weighted by atomic mass is 127. The van der Waals surface area contributed by atoms with Crippen LogP contribution >= 0.6 is 24.0 Å². The summed E-state index contributed by atoms with van der Waals surface area (Å²) in [6, 6.07) is 6.71. The van der Waals surface area contributed by atoms with E-state index in [1.807, 2.05) is 17.0 Å². The van der Waals surface area contributed by atoms with Crippen LogP contribution in [-0.4, -0.2) is 48.6 Å². The van der Waals surface area contributed by atoms with Crippen LogP contribution in [0.4, 0.5) is 5.69 Å². The van der Waals surface area contributed by atoms with Crippen molar-refractivity contribution in [3.8, 4) is 0 Å². The first kappa shape index (κ1) is 19.6. The predicted octanol–water partition coefficient (Wildman–Crippen LogP) is 2.18. The van der Waals surface area contributed by atoms with Gasteiger partial charge < -0.3 is 15.4 Å². The molecule has 2 N–H and O–H groups in total. The van der Waals surface area contributed by atoms with E-state index in [-0.39, 0.29) is 34.6 Å². The van der Waals surface area contributed by atoms with Gasteiger partial charge in [0.1, 0.15) is 0 Å². The lowest BCUT2D eigenvalue weighted by Gasteiger charge is -2.27. The number of hydrogen-bond donors (Lipinski definition) is 1. The second-order valence-corrected chi connectivity index (χ2v) is 5.22. The summed E-state index contributed by atoms with van der Waals surface area (Å²) in [7, 11) is 0. The number of benzene rings is 1. The fraction of sp³-hybridized carbons (Fsp3) is 0.533. The van der Waals surface area contributed by atoms with Crippen molar-refractivity contribution in [1.82, 2.24) is 4.90 Å². The summed E-state index contributed by atoms with van der Waals surface area (Å²) in [4.78, 5) is 16.6. The topological polar surface area (TPSA) is 94.0 Å². The van der Waals surface area contributed by atoms with E-state index >= 15 is 0 Å². The minimum Gasteiger partial charge on any atom is -0.378 e. The van der Waals surface area contributed by atoms with Gasteiger partial charge in [-0.05, 0) is 24.8 Å². The van der Waals surface area contributed by atoms with Gasteiger partial charge in [0.25, 0.3) is 5.69 Å². The number of unbranched alkanes of at least 4 members (excludes halogenated alkanes) is 1. The zero-order valence-electron chi connectivity index (χ0n) is 13.0. The Bertz CT molecular complexity index is 516. The number of ether oxygens (including phenoxy) is 1. The Balaban J connectivity index is 0.00000264. The van der Waals surface area contributed by atoms with Crippen LogP contribution < -0.4 is 5.73 Å². The third-order valence-electron chi connectivity index (χ3n) is 3.63. The summed E-state index contributed by atoms with van der Waals surface area (Å²) in [5, 5.41) is 10.6. The lowest BCUT2D eigenvalue weighted by Crippen LogP contribution is -2.44. The minimum absolute atomic E-state index is 0. The summed E-state index contributed by atoms with van der Waals surface area (Å²) >= 11 is 0. The van der Waals surface area contributed by atoms with Crippen LogP contribution in [0.15, 0.2) is 29.3 Å². The number of rotatable bonds is 6. The number of hydrogen-bond acceptors (Lipinski definition) is 4. The Kier molecular flexibility index (Phi) is 8.85. The Hall–Kier alpha value is -1.42. The summed E-state index contributed by atoms with van der Waals surface area (Å²) in [5.74, 6) is 0.596. The fourth-order valence-corrected chi connectivity index (χ4v) is 2.31. The van der Waals surface area contributed by atoms with E-state index in [1.165, 1.54) is 0 Å². The number of morpholine rings is 1. The SMILES string of the molecule is I.NC(=NCCCCc1ccc([N+](=O)[O-])cc1)N1CCOCC1. The van der Waals surface area contributed by atoms with Crippen molar-refractivity contribution in [2.24, 2.45) is 10.7 Å². The molecule has 0 amide bonds. The van der Waals surface area contributed by atoms with Gasteiger partial charge in [-0.15, -0.1) is 24.0 Å². The quantitative estimate of drug-likeness (QED) is 0.185. The van der Waals surface area contributed by atoms with E-state index in [2.05, 4.69) is 4.99 Å². The van der Waals surface area contributed by atoms with Gasteiger partial charge in [-0.3, -0.25) is 15.1 Å². The van der Waals surface area contributed by atoms with E-state index < -0.39 is 0 Å². The smallest absolute Gasteiger partial charge is 0.269 e. The molecule has 23 heavy (non-hydrogen) atoms. The molecule has 0 aromatic heterocycles. The van der Waals surface area contributed by atoms with Gasteiger partial charge in [-0.2, -0.15) is 0 Å². The molecule has 1 heterocycles. The summed E-state index contributed by atoms with van der Waals surface area (Å²) in [5.41, 5.74) is 7.18. The molecule has 0 spiro atoms. The van der Waals surface area contributed by atoms with Crippen molar-refractivity contribution >= 4 is 35.6 Å². The Morgan fingerprint density at radius 1 is 1.26 bits per heavy atom. The molecule has 128 valence electrons. The van der Waals surface area contributed by atoms with Gasteiger partial charge in [0.2, 0.25) is 0 Å². The van der Waals surface area contributed by atoms with Gasteiger partial charge in [0.05, 0.1) is 18.1 Å². The van der Waals surface area contributed by atoms with Gasteiger partial charge in [-0.25, -0.2) is 0 Å². The normalized spacial score (nSPS) is 15.1. The van der Waals surface area contributed by atoms with E-state index in [1.54, 1.807) is 12.1 Å². The molecule has 7 nitrogen and oxygen atoms in total. The van der Waals surface area contributed by atoms with Crippen molar-refractivity contribution in [3.63, 3.8) is 0 Å². The first-order chi connectivity index (χ1) is 10.7. The number of nitro groups is 1. The minimum atomic E-state index is -0.382. The Morgan fingerprint density at radius 3 is 2.52 bits per heavy atom. The zero-order chi connectivity index (χ0) is 15.8. The van der Waals surface area contributed by atoms with Crippen LogP contribution in [0.1, 0.15) is 18.4 Å². The van der Waals surface area contributed by atoms with Gasteiger partial charge in [0.15, 0.2) is 5.96 Å². The highest BCUT2D eigenvalue weighted by molar-refractivity contribution is 14.0. The number of nitrogens with two attached hydrogens (primary N) is 1. The predicted molar refractivity (Wildman–Crippen MR) is 100 cm³/mol. The Morgan fingerprint density at radius 2 is 1.91 bits per heavy atom. The molecule has 0 bridgehead atoms. The summed E-state index contributed by atoms with van der Waals surface area (Å²) in [6.07, 6.45) is 2.82. The average molecular weight is 434 g/mol. The largest absolute Gasteiger partial charge is 0.378 e. The number of nitro benzene ring substituents is 1. The Labute approximate surface area is 153 Å². The molecule has 1 aliphatic rings. The second-order valence-electron chi connectivity index (χ2n) is 5.22. The maximum absolute atomic E-state index is 10.6. The lowest BCUT2D eigenvalue weighted by molar-refractivity contribution is -0.384. The van der Waals surface area contributed by atoms with Gasteiger partial charge in [-0.1, -0.05) is 12.1 Å². The third kappa shape index (κ3) is 6.69. The van der Waals surface area contributed by atoms with E-state index in [9.17, 15) is 10.1 Å². The molecule has 1 aromatic rings. The van der Waals surface area contributed by atoms with E-state index in [0.717, 1.165) is 37.9 Å². The van der Waals surface area contributed by atoms with E-state index in [0.29, 0.717) is 25.7 Å². The number of non-ortho nitro benzene ring substituents is 1. The first-order valence-electron chi connectivity index (χ1n) is 7.53. The lowest BCUT2D eigenvalue weighted by atomic mass is 10.1. The molecule has 1 saturated heterocycles. The number of aliphatic imine (C=N–C) groups is 1. The molecular weight excluding hydrogens is 411 g/mol. The highest BCUT2D eigenvalue weighted by Crippen LogP contribution is 2.13. The van der Waals surface area contributed by atoms with Gasteiger partial charge >= 0.3 is 0 Å². The molecule has 0 unspecified atom stereocenters. The molecule has 1 aliphatic heterocycles. The highest BCUT2D eigenvalue weighted by Gasteiger charge is 2.11. The molecule has 0 aliphatic carbocycles. The number of aryl methyl sites for hydroxylation is 1. The van der Waals surface area contributed by atoms with Crippen molar-refractivity contribution < 1.29 is 9.66 Å². The molecule has 2 rings (SSSR count). The summed E-state index contributed by atoms with van der Waals surface area (Å²) in [6.45, 7) is 3.72. The van der Waals surface area contributed by atoms with Crippen LogP contribution in [0, 0.1) is 10.1 Å². The van der Waals surface area contributed by atoms with Crippen molar-refractivity contribution in [3.05, 3.63) is 39.9 Å². The average Bonchev–Trinajstić information content (AvgIpc) is 2.55. The first-order valence-corrected chi connectivity index (χ1v) is 7.53. The molecular formula is C15H23IN4O3. The van der Waals surface area contributed by atoms with E-state index in [4.69, 9.17) is 10.5 Å². The number of nitrogens with zero attached hydrogens (tertiary/aromatic N) is 3. The van der Waals surface area contributed by atoms with Crippen LogP contribution in [0.25, 0.3) is 0 Å². The van der Waals surface area contributed by atoms with Crippen molar-refractivity contribution in [1.29, 1.82) is 0 Å². The number of halogens is 1. The van der Waals surface area contributed by atoms with Crippen LogP contribution in [0.5, 0.6) is 0 Å². The zero-order valence-corrected chi connectivity index (χ0v) is 15.3. The molecule has 0 radical (unpaired) electrons. The maximum atomic E-state index is 10.6. The molecule has 0 saturated carbocycles. The number of guanidine groups is 1. The molecule has 8 heteroatoms. The molecule has 0 atom stereocenters. The third-order valence-corrected chi connectivity index (χ3v) is 3.63. The standard InChI is InChI=1S/C15H22N4O3.HI/c16-15(18-9-11-22-12-10-18)17-8-2-1-3-13-4-6-14(7-5-13)19(20)21;/h4-7H,1-3,8-12H2,(H2,16,17);1H. The molecule has 1 fully saturated rings. The molecule has 1 aromatic carbocycles. The summed E-state index contributed by atoms with van der Waals surface area (Å²) < 4.78 is 5.27. The second kappa shape index (κ2) is 10.4. The van der Waals surface area contributed by atoms with Crippen LogP contribution in [0.2, 0.25) is 0 Å². The fourth-order valence-electron chi connectivity index (χ4n) is 2.31. The van der Waals surface area contributed by atoms with Crippen molar-refractivity contribution in [2.45, 2.75) is 19.3 Å². The van der Waals surface area contributed by atoms with Crippen LogP contribution in [-0.2, 0) is 11.2 Å². The monoisotopic (exact) mass is 434 g/mol.